The second-order valence-corrected chi connectivity index (χ2v) is 11.4. The number of methoxy groups -OCH3 is 2. The molecule has 0 aromatic rings. The number of rotatable bonds is 9. The van der Waals surface area contributed by atoms with E-state index in [2.05, 4.69) is 36.5 Å². The molecule has 0 N–H and O–H groups in total. The summed E-state index contributed by atoms with van der Waals surface area (Å²) in [5.74, 6) is -0.306. The molecular weight excluding hydrogens is 256 g/mol. The zero-order chi connectivity index (χ0) is 14.7. The summed E-state index contributed by atoms with van der Waals surface area (Å²) in [5.41, 5.74) is 0. The van der Waals surface area contributed by atoms with Crippen molar-refractivity contribution in [3.63, 3.8) is 0 Å². The summed E-state index contributed by atoms with van der Waals surface area (Å²) < 4.78 is 9.92. The topological polar surface area (TPSA) is 35.5 Å². The van der Waals surface area contributed by atoms with Crippen molar-refractivity contribution in [3.8, 4) is 0 Å². The third-order valence-corrected chi connectivity index (χ3v) is 4.58. The van der Waals surface area contributed by atoms with Gasteiger partial charge in [0.1, 0.15) is 0 Å². The first kappa shape index (κ1) is 18.1. The summed E-state index contributed by atoms with van der Waals surface area (Å²) >= 11 is 0. The van der Waals surface area contributed by atoms with Crippen LogP contribution < -0.4 is 0 Å². The van der Waals surface area contributed by atoms with Gasteiger partial charge in [0.2, 0.25) is 0 Å². The minimum Gasteiger partial charge on any atom is -0.466 e. The monoisotopic (exact) mass is 284 g/mol. The highest BCUT2D eigenvalue weighted by molar-refractivity contribution is 6.76. The normalized spacial score (nSPS) is 14.2. The molecule has 0 aliphatic rings. The smallest absolute Gasteiger partial charge is 0.330 e. The summed E-state index contributed by atoms with van der Waals surface area (Å²) in [4.78, 5) is 10.9. The van der Waals surface area contributed by atoms with Crippen LogP contribution in [0.2, 0.25) is 25.7 Å². The molecule has 0 saturated heterocycles. The first-order valence-corrected chi connectivity index (χ1v) is 10.5. The van der Waals surface area contributed by atoms with Gasteiger partial charge in [-0.1, -0.05) is 43.9 Å². The molecule has 0 heterocycles. The summed E-state index contributed by atoms with van der Waals surface area (Å²) in [6, 6.07) is 1.31. The Kier molecular flexibility index (Phi) is 9.52. The van der Waals surface area contributed by atoms with Gasteiger partial charge in [0.05, 0.1) is 13.2 Å². The number of carbonyl (C=O) groups excluding carboxylic acids is 1. The van der Waals surface area contributed by atoms with Crippen molar-refractivity contribution in [1.82, 2.24) is 0 Å². The molecule has 110 valence electrons. The van der Waals surface area contributed by atoms with E-state index in [4.69, 9.17) is 4.74 Å². The largest absolute Gasteiger partial charge is 0.466 e. The van der Waals surface area contributed by atoms with Gasteiger partial charge in [0.15, 0.2) is 0 Å². The molecule has 0 radical (unpaired) electrons. The van der Waals surface area contributed by atoms with Crippen molar-refractivity contribution in [2.45, 2.75) is 51.1 Å². The Morgan fingerprint density at radius 2 is 1.84 bits per heavy atom. The SMILES string of the molecule is COC(=O)/C=C/CC[C@@H](/C=C\CC[Si](C)(C)C)OC. The standard InChI is InChI=1S/C15H28O3Si/c1-17-14(10-6-7-12-15(16)18-2)11-8-9-13-19(3,4)5/h7-8,11-12,14H,6,9-10,13H2,1-5H3/b11-8-,12-7+/t14-/m0/s1. The third-order valence-electron chi connectivity index (χ3n) is 2.79. The molecule has 0 aromatic heterocycles. The fraction of sp³-hybridized carbons (Fsp3) is 0.667. The van der Waals surface area contributed by atoms with E-state index in [0.29, 0.717) is 0 Å². The number of carbonyl (C=O) groups is 1. The van der Waals surface area contributed by atoms with Crippen LogP contribution in [0.3, 0.4) is 0 Å². The Hall–Kier alpha value is -0.873. The highest BCUT2D eigenvalue weighted by Gasteiger charge is 2.10. The molecule has 4 heteroatoms. The molecule has 0 bridgehead atoms. The summed E-state index contributed by atoms with van der Waals surface area (Å²) in [7, 11) is 2.16. The predicted molar refractivity (Wildman–Crippen MR) is 83.1 cm³/mol. The van der Waals surface area contributed by atoms with E-state index in [0.717, 1.165) is 19.3 Å². The molecular formula is C15H28O3Si. The Morgan fingerprint density at radius 1 is 1.16 bits per heavy atom. The highest BCUT2D eigenvalue weighted by Crippen LogP contribution is 2.12. The lowest BCUT2D eigenvalue weighted by molar-refractivity contribution is -0.134. The lowest BCUT2D eigenvalue weighted by Crippen LogP contribution is -2.18. The van der Waals surface area contributed by atoms with Gasteiger partial charge in [-0.15, -0.1) is 0 Å². The third kappa shape index (κ3) is 11.9. The van der Waals surface area contributed by atoms with Gasteiger partial charge in [-0.3, -0.25) is 0 Å². The lowest BCUT2D eigenvalue weighted by Gasteiger charge is -2.14. The maximum absolute atomic E-state index is 10.9. The molecule has 0 fully saturated rings. The van der Waals surface area contributed by atoms with E-state index in [1.165, 1.54) is 19.2 Å². The van der Waals surface area contributed by atoms with Gasteiger partial charge in [0.25, 0.3) is 0 Å². The quantitative estimate of drug-likeness (QED) is 0.280. The maximum Gasteiger partial charge on any atom is 0.330 e. The minimum atomic E-state index is -0.942. The molecule has 0 saturated carbocycles. The average Bonchev–Trinajstić information content (AvgIpc) is 2.35. The molecule has 0 rings (SSSR count). The first-order valence-electron chi connectivity index (χ1n) is 6.83. The van der Waals surface area contributed by atoms with Crippen molar-refractivity contribution < 1.29 is 14.3 Å². The fourth-order valence-electron chi connectivity index (χ4n) is 1.57. The van der Waals surface area contributed by atoms with Crippen molar-refractivity contribution in [2.75, 3.05) is 14.2 Å². The highest BCUT2D eigenvalue weighted by atomic mass is 28.3. The molecule has 0 aliphatic heterocycles. The van der Waals surface area contributed by atoms with Gasteiger partial charge >= 0.3 is 5.97 Å². The minimum absolute atomic E-state index is 0.129. The first-order chi connectivity index (χ1) is 8.89. The van der Waals surface area contributed by atoms with Crippen LogP contribution in [-0.4, -0.2) is 34.4 Å². The van der Waals surface area contributed by atoms with E-state index in [1.54, 1.807) is 7.11 Å². The van der Waals surface area contributed by atoms with Gasteiger partial charge in [-0.2, -0.15) is 0 Å². The lowest BCUT2D eigenvalue weighted by atomic mass is 10.1. The van der Waals surface area contributed by atoms with Crippen molar-refractivity contribution in [1.29, 1.82) is 0 Å². The summed E-state index contributed by atoms with van der Waals surface area (Å²) in [6.45, 7) is 7.14. The predicted octanol–water partition coefficient (Wildman–Crippen LogP) is 3.80. The number of allylic oxidation sites excluding steroid dienone is 2. The van der Waals surface area contributed by atoms with Crippen LogP contribution in [0.4, 0.5) is 0 Å². The number of hydrogen-bond donors (Lipinski definition) is 0. The van der Waals surface area contributed by atoms with Crippen LogP contribution >= 0.6 is 0 Å². The Morgan fingerprint density at radius 3 is 2.37 bits per heavy atom. The molecule has 0 unspecified atom stereocenters. The second-order valence-electron chi connectivity index (χ2n) is 5.80. The molecule has 19 heavy (non-hydrogen) atoms. The second kappa shape index (κ2) is 9.98. The van der Waals surface area contributed by atoms with Crippen LogP contribution in [0.5, 0.6) is 0 Å². The van der Waals surface area contributed by atoms with E-state index in [1.807, 2.05) is 6.08 Å². The fourth-order valence-corrected chi connectivity index (χ4v) is 2.60. The van der Waals surface area contributed by atoms with Gasteiger partial charge in [0, 0.05) is 21.3 Å². The number of hydrogen-bond acceptors (Lipinski definition) is 3. The van der Waals surface area contributed by atoms with E-state index in [-0.39, 0.29) is 12.1 Å². The molecule has 1 atom stereocenters. The number of esters is 1. The van der Waals surface area contributed by atoms with Crippen LogP contribution in [0, 0.1) is 0 Å². The van der Waals surface area contributed by atoms with Crippen LogP contribution in [-0.2, 0) is 14.3 Å². The van der Waals surface area contributed by atoms with Crippen LogP contribution in [0.15, 0.2) is 24.3 Å². The molecule has 0 amide bonds. The Bertz CT molecular complexity index is 303. The molecule has 0 aliphatic carbocycles. The molecule has 3 nitrogen and oxygen atoms in total. The van der Waals surface area contributed by atoms with Gasteiger partial charge in [-0.05, 0) is 19.3 Å². The van der Waals surface area contributed by atoms with Crippen LogP contribution in [0.1, 0.15) is 19.3 Å². The van der Waals surface area contributed by atoms with Gasteiger partial charge < -0.3 is 9.47 Å². The average molecular weight is 284 g/mol. The van der Waals surface area contributed by atoms with Crippen molar-refractivity contribution in [3.05, 3.63) is 24.3 Å². The van der Waals surface area contributed by atoms with Gasteiger partial charge in [-0.25, -0.2) is 4.79 Å². The number of ether oxygens (including phenoxy) is 2. The Balaban J connectivity index is 3.92. The van der Waals surface area contributed by atoms with E-state index in [9.17, 15) is 4.79 Å². The zero-order valence-corrected chi connectivity index (χ0v) is 13.9. The zero-order valence-electron chi connectivity index (χ0n) is 12.9. The summed E-state index contributed by atoms with van der Waals surface area (Å²) in [5, 5.41) is 0. The van der Waals surface area contributed by atoms with Crippen LogP contribution in [0.25, 0.3) is 0 Å². The maximum atomic E-state index is 10.9. The Labute approximate surface area is 118 Å². The van der Waals surface area contributed by atoms with E-state index >= 15 is 0 Å². The van der Waals surface area contributed by atoms with E-state index < -0.39 is 8.07 Å². The summed E-state index contributed by atoms with van der Waals surface area (Å²) in [6.07, 6.45) is 10.6. The van der Waals surface area contributed by atoms with Crippen molar-refractivity contribution in [2.24, 2.45) is 0 Å². The molecule has 0 spiro atoms. The van der Waals surface area contributed by atoms with Crippen molar-refractivity contribution >= 4 is 14.0 Å². The molecule has 0 aromatic carbocycles.